The second kappa shape index (κ2) is 6.05. The molecule has 2 N–H and O–H groups in total. The average Bonchev–Trinajstić information content (AvgIpc) is 3.32. The summed E-state index contributed by atoms with van der Waals surface area (Å²) in [5, 5.41) is 6.22. The number of hydrogen-bond donors (Lipinski definition) is 2. The molecule has 1 heterocycles. The van der Waals surface area contributed by atoms with Crippen LogP contribution in [0, 0.1) is 6.92 Å². The Morgan fingerprint density at radius 1 is 1.27 bits per heavy atom. The summed E-state index contributed by atoms with van der Waals surface area (Å²) in [6, 6.07) is 9.84. The molecule has 3 rings (SSSR count). The van der Waals surface area contributed by atoms with Gasteiger partial charge in [0, 0.05) is 17.9 Å². The van der Waals surface area contributed by atoms with E-state index in [1.165, 1.54) is 12.8 Å². The molecule has 0 saturated heterocycles. The molecular formula is C17H19N3O2. The summed E-state index contributed by atoms with van der Waals surface area (Å²) in [4.78, 5) is 16.5. The van der Waals surface area contributed by atoms with Crippen molar-refractivity contribution in [3.8, 4) is 5.75 Å². The molecule has 114 valence electrons. The lowest BCUT2D eigenvalue weighted by Gasteiger charge is -2.11. The Balaban J connectivity index is 1.77. The number of anilines is 2. The number of aryl methyl sites for hydroxylation is 1. The SMILES string of the molecule is COc1ccc(C)cc1NC(=O)c1cc(NC2CC2)ccn1. The van der Waals surface area contributed by atoms with Crippen molar-refractivity contribution in [2.75, 3.05) is 17.7 Å². The summed E-state index contributed by atoms with van der Waals surface area (Å²) in [6.45, 7) is 1.97. The highest BCUT2D eigenvalue weighted by molar-refractivity contribution is 6.04. The van der Waals surface area contributed by atoms with E-state index in [9.17, 15) is 4.79 Å². The first-order chi connectivity index (χ1) is 10.7. The van der Waals surface area contributed by atoms with E-state index in [1.54, 1.807) is 19.4 Å². The lowest BCUT2D eigenvalue weighted by atomic mass is 10.2. The van der Waals surface area contributed by atoms with Crippen LogP contribution in [0.15, 0.2) is 36.5 Å². The molecule has 0 unspecified atom stereocenters. The van der Waals surface area contributed by atoms with E-state index in [0.717, 1.165) is 11.3 Å². The van der Waals surface area contributed by atoms with Gasteiger partial charge in [-0.25, -0.2) is 0 Å². The molecule has 1 aliphatic carbocycles. The summed E-state index contributed by atoms with van der Waals surface area (Å²) >= 11 is 0. The Kier molecular flexibility index (Phi) is 3.96. The normalized spacial score (nSPS) is 13.5. The predicted molar refractivity (Wildman–Crippen MR) is 86.6 cm³/mol. The zero-order chi connectivity index (χ0) is 15.5. The molecule has 0 spiro atoms. The largest absolute Gasteiger partial charge is 0.495 e. The predicted octanol–water partition coefficient (Wildman–Crippen LogP) is 3.23. The maximum atomic E-state index is 12.4. The minimum atomic E-state index is -0.247. The number of rotatable bonds is 5. The van der Waals surface area contributed by atoms with Crippen molar-refractivity contribution in [1.82, 2.24) is 4.98 Å². The number of pyridine rings is 1. The Morgan fingerprint density at radius 2 is 2.09 bits per heavy atom. The van der Waals surface area contributed by atoms with Crippen molar-refractivity contribution >= 4 is 17.3 Å². The number of hydrogen-bond acceptors (Lipinski definition) is 4. The summed E-state index contributed by atoms with van der Waals surface area (Å²) in [5.41, 5.74) is 3.01. The maximum absolute atomic E-state index is 12.4. The number of amides is 1. The molecule has 22 heavy (non-hydrogen) atoms. The van der Waals surface area contributed by atoms with Crippen LogP contribution in [0.4, 0.5) is 11.4 Å². The molecule has 5 heteroatoms. The molecular weight excluding hydrogens is 278 g/mol. The van der Waals surface area contributed by atoms with E-state index in [0.29, 0.717) is 23.2 Å². The highest BCUT2D eigenvalue weighted by Gasteiger charge is 2.21. The standard InChI is InChI=1S/C17H19N3O2/c1-11-3-6-16(22-2)14(9-11)20-17(21)15-10-13(7-8-18-15)19-12-4-5-12/h3,6-10,12H,4-5H2,1-2H3,(H,18,19)(H,20,21). The Bertz CT molecular complexity index is 696. The fourth-order valence-corrected chi connectivity index (χ4v) is 2.21. The maximum Gasteiger partial charge on any atom is 0.274 e. The van der Waals surface area contributed by atoms with Crippen molar-refractivity contribution in [1.29, 1.82) is 0 Å². The van der Waals surface area contributed by atoms with E-state index >= 15 is 0 Å². The molecule has 0 bridgehead atoms. The second-order valence-corrected chi connectivity index (χ2v) is 5.51. The van der Waals surface area contributed by atoms with E-state index < -0.39 is 0 Å². The number of aromatic nitrogens is 1. The van der Waals surface area contributed by atoms with Crippen molar-refractivity contribution in [3.63, 3.8) is 0 Å². The molecule has 0 radical (unpaired) electrons. The lowest BCUT2D eigenvalue weighted by Crippen LogP contribution is -2.15. The van der Waals surface area contributed by atoms with Crippen LogP contribution in [-0.2, 0) is 0 Å². The van der Waals surface area contributed by atoms with Crippen LogP contribution in [-0.4, -0.2) is 24.0 Å². The smallest absolute Gasteiger partial charge is 0.274 e. The van der Waals surface area contributed by atoms with Gasteiger partial charge in [0.2, 0.25) is 0 Å². The van der Waals surface area contributed by atoms with Crippen molar-refractivity contribution in [3.05, 3.63) is 47.8 Å². The number of ether oxygens (including phenoxy) is 1. The molecule has 2 aromatic rings. The van der Waals surface area contributed by atoms with Crippen molar-refractivity contribution in [2.24, 2.45) is 0 Å². The second-order valence-electron chi connectivity index (χ2n) is 5.51. The summed E-state index contributed by atoms with van der Waals surface area (Å²) in [5.74, 6) is 0.384. The lowest BCUT2D eigenvalue weighted by molar-refractivity contribution is 0.102. The number of carbonyl (C=O) groups is 1. The van der Waals surface area contributed by atoms with Crippen molar-refractivity contribution < 1.29 is 9.53 Å². The minimum absolute atomic E-state index is 0.247. The molecule has 1 aromatic carbocycles. The van der Waals surface area contributed by atoms with E-state index in [2.05, 4.69) is 15.6 Å². The first-order valence-electron chi connectivity index (χ1n) is 7.34. The Morgan fingerprint density at radius 3 is 2.82 bits per heavy atom. The quantitative estimate of drug-likeness (QED) is 0.889. The molecule has 1 amide bonds. The molecule has 1 fully saturated rings. The molecule has 1 saturated carbocycles. The third-order valence-electron chi connectivity index (χ3n) is 3.54. The van der Waals surface area contributed by atoms with Gasteiger partial charge in [0.15, 0.2) is 0 Å². The summed E-state index contributed by atoms with van der Waals surface area (Å²) < 4.78 is 5.27. The third-order valence-corrected chi connectivity index (χ3v) is 3.54. The fraction of sp³-hybridized carbons (Fsp3) is 0.294. The van der Waals surface area contributed by atoms with Gasteiger partial charge in [0.1, 0.15) is 11.4 Å². The zero-order valence-corrected chi connectivity index (χ0v) is 12.7. The van der Waals surface area contributed by atoms with E-state index in [1.807, 2.05) is 31.2 Å². The third kappa shape index (κ3) is 3.36. The first kappa shape index (κ1) is 14.4. The Hall–Kier alpha value is -2.56. The number of carbonyl (C=O) groups excluding carboxylic acids is 1. The number of nitrogens with one attached hydrogen (secondary N) is 2. The van der Waals surface area contributed by atoms with Gasteiger partial charge in [-0.05, 0) is 49.6 Å². The van der Waals surface area contributed by atoms with Crippen LogP contribution < -0.4 is 15.4 Å². The highest BCUT2D eigenvalue weighted by atomic mass is 16.5. The topological polar surface area (TPSA) is 63.2 Å². The summed E-state index contributed by atoms with van der Waals surface area (Å²) in [7, 11) is 1.58. The van der Waals surface area contributed by atoms with E-state index in [-0.39, 0.29) is 5.91 Å². The van der Waals surface area contributed by atoms with Crippen LogP contribution >= 0.6 is 0 Å². The van der Waals surface area contributed by atoms with Gasteiger partial charge in [0.05, 0.1) is 12.8 Å². The van der Waals surface area contributed by atoms with Crippen LogP contribution in [0.25, 0.3) is 0 Å². The van der Waals surface area contributed by atoms with Crippen LogP contribution in [0.1, 0.15) is 28.9 Å². The first-order valence-corrected chi connectivity index (χ1v) is 7.34. The van der Waals surface area contributed by atoms with Crippen LogP contribution in [0.2, 0.25) is 0 Å². The van der Waals surface area contributed by atoms with Crippen LogP contribution in [0.5, 0.6) is 5.75 Å². The molecule has 5 nitrogen and oxygen atoms in total. The van der Waals surface area contributed by atoms with Crippen molar-refractivity contribution in [2.45, 2.75) is 25.8 Å². The van der Waals surface area contributed by atoms with Crippen LogP contribution in [0.3, 0.4) is 0 Å². The highest BCUT2D eigenvalue weighted by Crippen LogP contribution is 2.27. The molecule has 1 aromatic heterocycles. The monoisotopic (exact) mass is 297 g/mol. The van der Waals surface area contributed by atoms with Gasteiger partial charge >= 0.3 is 0 Å². The number of benzene rings is 1. The number of nitrogens with zero attached hydrogens (tertiary/aromatic N) is 1. The number of methoxy groups -OCH3 is 1. The minimum Gasteiger partial charge on any atom is -0.495 e. The van der Waals surface area contributed by atoms with Gasteiger partial charge in [-0.1, -0.05) is 6.07 Å². The van der Waals surface area contributed by atoms with Gasteiger partial charge in [-0.3, -0.25) is 9.78 Å². The van der Waals surface area contributed by atoms with Gasteiger partial charge < -0.3 is 15.4 Å². The summed E-state index contributed by atoms with van der Waals surface area (Å²) in [6.07, 6.45) is 4.02. The van der Waals surface area contributed by atoms with E-state index in [4.69, 9.17) is 4.74 Å². The van der Waals surface area contributed by atoms with Gasteiger partial charge in [-0.2, -0.15) is 0 Å². The fourth-order valence-electron chi connectivity index (χ4n) is 2.21. The molecule has 0 atom stereocenters. The Labute approximate surface area is 129 Å². The molecule has 1 aliphatic rings. The molecule has 0 aliphatic heterocycles. The van der Waals surface area contributed by atoms with Gasteiger partial charge in [0.25, 0.3) is 5.91 Å². The average molecular weight is 297 g/mol. The van der Waals surface area contributed by atoms with Gasteiger partial charge in [-0.15, -0.1) is 0 Å². The zero-order valence-electron chi connectivity index (χ0n) is 12.7.